The highest BCUT2D eigenvalue weighted by Gasteiger charge is 2.35. The van der Waals surface area contributed by atoms with E-state index in [0.29, 0.717) is 13.0 Å². The Kier molecular flexibility index (Phi) is 5.70. The lowest BCUT2D eigenvalue weighted by Gasteiger charge is -2.36. The van der Waals surface area contributed by atoms with Gasteiger partial charge in [0, 0.05) is 32.0 Å². The van der Waals surface area contributed by atoms with Gasteiger partial charge >= 0.3 is 12.1 Å². The van der Waals surface area contributed by atoms with Crippen LogP contribution in [-0.4, -0.2) is 54.2 Å². The SMILES string of the molecule is O=C(NCCCC(=O)N1CC(C(=O)O)C1)OCC1c2ccccc2-c2ccccc21. The van der Waals surface area contributed by atoms with Crippen LogP contribution in [-0.2, 0) is 14.3 Å². The van der Waals surface area contributed by atoms with Crippen LogP contribution in [0.2, 0.25) is 0 Å². The minimum Gasteiger partial charge on any atom is -0.481 e. The van der Waals surface area contributed by atoms with Gasteiger partial charge in [-0.3, -0.25) is 9.59 Å². The van der Waals surface area contributed by atoms with Crippen LogP contribution in [0.25, 0.3) is 11.1 Å². The molecule has 7 nitrogen and oxygen atoms in total. The molecule has 2 aliphatic rings. The minimum atomic E-state index is -0.865. The topological polar surface area (TPSA) is 95.9 Å². The summed E-state index contributed by atoms with van der Waals surface area (Å²) in [5.74, 6) is -1.39. The third kappa shape index (κ3) is 4.01. The largest absolute Gasteiger partial charge is 0.481 e. The number of hydrogen-bond acceptors (Lipinski definition) is 4. The van der Waals surface area contributed by atoms with Gasteiger partial charge in [-0.2, -0.15) is 0 Å². The molecule has 4 rings (SSSR count). The number of benzene rings is 2. The van der Waals surface area contributed by atoms with E-state index in [2.05, 4.69) is 29.6 Å². The van der Waals surface area contributed by atoms with Crippen molar-refractivity contribution in [2.75, 3.05) is 26.2 Å². The van der Waals surface area contributed by atoms with Crippen molar-refractivity contribution in [2.24, 2.45) is 5.92 Å². The molecule has 2 aromatic rings. The maximum atomic E-state index is 12.1. The van der Waals surface area contributed by atoms with Crippen molar-refractivity contribution in [1.82, 2.24) is 10.2 Å². The zero-order valence-corrected chi connectivity index (χ0v) is 16.5. The summed E-state index contributed by atoms with van der Waals surface area (Å²) in [5, 5.41) is 11.5. The number of hydrogen-bond donors (Lipinski definition) is 2. The van der Waals surface area contributed by atoms with E-state index < -0.39 is 18.0 Å². The normalized spacial score (nSPS) is 15.1. The molecule has 0 radical (unpaired) electrons. The van der Waals surface area contributed by atoms with Crippen molar-refractivity contribution < 1.29 is 24.2 Å². The number of carboxylic acids is 1. The second-order valence-corrected chi connectivity index (χ2v) is 7.69. The fourth-order valence-electron chi connectivity index (χ4n) is 4.08. The summed E-state index contributed by atoms with van der Waals surface area (Å²) >= 11 is 0. The Morgan fingerprint density at radius 2 is 1.60 bits per heavy atom. The molecule has 156 valence electrons. The number of fused-ring (bicyclic) bond motifs is 3. The predicted octanol–water partition coefficient (Wildman–Crippen LogP) is 2.85. The number of nitrogens with zero attached hydrogens (tertiary/aromatic N) is 1. The molecule has 1 saturated heterocycles. The first kappa shape index (κ1) is 19.9. The molecule has 0 bridgehead atoms. The lowest BCUT2D eigenvalue weighted by atomic mass is 9.98. The maximum absolute atomic E-state index is 12.1. The molecule has 2 aromatic carbocycles. The number of carboxylic acid groups (broad SMARTS) is 1. The Morgan fingerprint density at radius 1 is 1.00 bits per heavy atom. The molecule has 0 unspecified atom stereocenters. The van der Waals surface area contributed by atoms with Gasteiger partial charge in [0.15, 0.2) is 0 Å². The van der Waals surface area contributed by atoms with Crippen molar-refractivity contribution in [3.05, 3.63) is 59.7 Å². The molecule has 1 fully saturated rings. The molecule has 0 aromatic heterocycles. The molecule has 0 saturated carbocycles. The van der Waals surface area contributed by atoms with Crippen LogP contribution in [0.15, 0.2) is 48.5 Å². The van der Waals surface area contributed by atoms with E-state index in [-0.39, 0.29) is 37.9 Å². The summed E-state index contributed by atoms with van der Waals surface area (Å²) in [4.78, 5) is 36.4. The summed E-state index contributed by atoms with van der Waals surface area (Å²) in [5.41, 5.74) is 4.67. The Labute approximate surface area is 174 Å². The Balaban J connectivity index is 1.21. The van der Waals surface area contributed by atoms with Crippen molar-refractivity contribution in [3.8, 4) is 11.1 Å². The fraction of sp³-hybridized carbons (Fsp3) is 0.348. The lowest BCUT2D eigenvalue weighted by molar-refractivity contribution is -0.152. The third-order valence-corrected chi connectivity index (χ3v) is 5.76. The number of likely N-dealkylation sites (tertiary alicyclic amines) is 1. The van der Waals surface area contributed by atoms with Crippen LogP contribution >= 0.6 is 0 Å². The summed E-state index contributed by atoms with van der Waals surface area (Å²) in [6.45, 7) is 1.13. The Bertz CT molecular complexity index is 922. The first-order chi connectivity index (χ1) is 14.5. The van der Waals surface area contributed by atoms with Gasteiger partial charge in [-0.15, -0.1) is 0 Å². The summed E-state index contributed by atoms with van der Waals surface area (Å²) in [6.07, 6.45) is 0.256. The fourth-order valence-corrected chi connectivity index (χ4v) is 4.08. The number of carbonyl (C=O) groups excluding carboxylic acids is 2. The molecule has 2 N–H and O–H groups in total. The van der Waals surface area contributed by atoms with Gasteiger partial charge in [0.1, 0.15) is 6.61 Å². The van der Waals surface area contributed by atoms with Crippen LogP contribution < -0.4 is 5.32 Å². The number of rotatable bonds is 7. The average Bonchev–Trinajstić information content (AvgIpc) is 3.02. The smallest absolute Gasteiger partial charge is 0.407 e. The molecular weight excluding hydrogens is 384 g/mol. The lowest BCUT2D eigenvalue weighted by Crippen LogP contribution is -2.53. The molecular formula is C23H24N2O5. The number of nitrogens with one attached hydrogen (secondary N) is 1. The first-order valence-electron chi connectivity index (χ1n) is 10.1. The summed E-state index contributed by atoms with van der Waals surface area (Å²) < 4.78 is 5.46. The first-order valence-corrected chi connectivity index (χ1v) is 10.1. The molecule has 0 spiro atoms. The monoisotopic (exact) mass is 408 g/mol. The molecule has 7 heteroatoms. The van der Waals surface area contributed by atoms with E-state index in [9.17, 15) is 14.4 Å². The predicted molar refractivity (Wildman–Crippen MR) is 110 cm³/mol. The van der Waals surface area contributed by atoms with Gasteiger partial charge in [0.05, 0.1) is 5.92 Å². The third-order valence-electron chi connectivity index (χ3n) is 5.76. The van der Waals surface area contributed by atoms with Gasteiger partial charge in [-0.1, -0.05) is 48.5 Å². The second kappa shape index (κ2) is 8.57. The highest BCUT2D eigenvalue weighted by atomic mass is 16.5. The van der Waals surface area contributed by atoms with E-state index in [1.54, 1.807) is 0 Å². The number of alkyl carbamates (subject to hydrolysis) is 1. The van der Waals surface area contributed by atoms with Crippen LogP contribution in [0, 0.1) is 5.92 Å². The van der Waals surface area contributed by atoms with Crippen LogP contribution in [0.1, 0.15) is 29.9 Å². The molecule has 2 amide bonds. The highest BCUT2D eigenvalue weighted by Crippen LogP contribution is 2.44. The number of aliphatic carboxylic acids is 1. The van der Waals surface area contributed by atoms with Gasteiger partial charge in [0.25, 0.3) is 0 Å². The molecule has 0 atom stereocenters. The van der Waals surface area contributed by atoms with E-state index in [0.717, 1.165) is 11.1 Å². The summed E-state index contributed by atoms with van der Waals surface area (Å²) in [6, 6.07) is 16.3. The van der Waals surface area contributed by atoms with Gasteiger partial charge < -0.3 is 20.1 Å². The van der Waals surface area contributed by atoms with Gasteiger partial charge in [0.2, 0.25) is 5.91 Å². The van der Waals surface area contributed by atoms with E-state index in [1.165, 1.54) is 16.0 Å². The van der Waals surface area contributed by atoms with Gasteiger partial charge in [-0.25, -0.2) is 4.79 Å². The molecule has 1 aliphatic carbocycles. The van der Waals surface area contributed by atoms with Crippen LogP contribution in [0.5, 0.6) is 0 Å². The van der Waals surface area contributed by atoms with Crippen molar-refractivity contribution in [1.29, 1.82) is 0 Å². The van der Waals surface area contributed by atoms with Crippen molar-refractivity contribution in [3.63, 3.8) is 0 Å². The van der Waals surface area contributed by atoms with Crippen LogP contribution in [0.4, 0.5) is 4.79 Å². The maximum Gasteiger partial charge on any atom is 0.407 e. The highest BCUT2D eigenvalue weighted by molar-refractivity contribution is 5.81. The standard InChI is InChI=1S/C23H24N2O5/c26-21(25-12-15(13-25)22(27)28)10-5-11-24-23(29)30-14-20-18-8-3-1-6-16(18)17-7-2-4-9-19(17)20/h1-4,6-9,15,20H,5,10-14H2,(H,24,29)(H,27,28). The number of carbonyl (C=O) groups is 3. The number of amides is 2. The molecule has 1 heterocycles. The Hall–Kier alpha value is -3.35. The minimum absolute atomic E-state index is 0.0123. The quantitative estimate of drug-likeness (QED) is 0.687. The zero-order valence-electron chi connectivity index (χ0n) is 16.5. The Morgan fingerprint density at radius 3 is 2.20 bits per heavy atom. The molecule has 1 aliphatic heterocycles. The van der Waals surface area contributed by atoms with Crippen molar-refractivity contribution >= 4 is 18.0 Å². The van der Waals surface area contributed by atoms with Crippen LogP contribution in [0.3, 0.4) is 0 Å². The zero-order chi connectivity index (χ0) is 21.1. The van der Waals surface area contributed by atoms with Crippen molar-refractivity contribution in [2.45, 2.75) is 18.8 Å². The van der Waals surface area contributed by atoms with E-state index in [4.69, 9.17) is 9.84 Å². The van der Waals surface area contributed by atoms with E-state index in [1.807, 2.05) is 24.3 Å². The second-order valence-electron chi connectivity index (χ2n) is 7.69. The number of ether oxygens (including phenoxy) is 1. The average molecular weight is 408 g/mol. The van der Waals surface area contributed by atoms with E-state index >= 15 is 0 Å². The van der Waals surface area contributed by atoms with Gasteiger partial charge in [-0.05, 0) is 28.7 Å². The summed E-state index contributed by atoms with van der Waals surface area (Å²) in [7, 11) is 0. The molecule has 30 heavy (non-hydrogen) atoms.